The van der Waals surface area contributed by atoms with Crippen LogP contribution in [0.2, 0.25) is 15.1 Å². The summed E-state index contributed by atoms with van der Waals surface area (Å²) in [5.41, 5.74) is 2.55. The Morgan fingerprint density at radius 3 is 2.25 bits per heavy atom. The average Bonchev–Trinajstić information content (AvgIpc) is 3.40. The van der Waals surface area contributed by atoms with Crippen LogP contribution in [-0.4, -0.2) is 20.3 Å². The molecule has 0 aliphatic carbocycles. The molecule has 1 N–H and O–H groups in total. The molecular weight excluding hydrogens is 573 g/mol. The van der Waals surface area contributed by atoms with Gasteiger partial charge < -0.3 is 0 Å². The molecule has 0 unspecified atom stereocenters. The molecule has 1 aliphatic rings. The number of fused-ring (bicyclic) bond motifs is 1. The van der Waals surface area contributed by atoms with Crippen LogP contribution >= 0.6 is 34.8 Å². The van der Waals surface area contributed by atoms with Gasteiger partial charge in [0.05, 0.1) is 26.9 Å². The molecule has 2 aromatic carbocycles. The van der Waals surface area contributed by atoms with Gasteiger partial charge >= 0.3 is 0 Å². The van der Waals surface area contributed by atoms with E-state index in [1.807, 2.05) is 18.2 Å². The number of carbonyl (C=O) groups excluding carboxylic acids is 1. The van der Waals surface area contributed by atoms with Crippen LogP contribution < -0.4 is 26.8 Å². The molecule has 0 radical (unpaired) electrons. The summed E-state index contributed by atoms with van der Waals surface area (Å²) in [6.45, 7) is 3.49. The summed E-state index contributed by atoms with van der Waals surface area (Å²) in [6, 6.07) is 12.1. The van der Waals surface area contributed by atoms with Crippen molar-refractivity contribution < 1.29 is 4.79 Å². The summed E-state index contributed by atoms with van der Waals surface area (Å²) in [7, 11) is 1.59. The Kier molecular flexibility index (Phi) is 7.42. The number of nitrogens with zero attached hydrogens (tertiary/aromatic N) is 4. The number of anilines is 1. The molecular formula is C29H22Cl3N5O3. The van der Waals surface area contributed by atoms with Crippen LogP contribution in [0, 0.1) is 13.8 Å². The van der Waals surface area contributed by atoms with Crippen molar-refractivity contribution in [2.75, 3.05) is 5.01 Å². The third-order valence-corrected chi connectivity index (χ3v) is 7.32. The third-order valence-electron chi connectivity index (χ3n) is 6.53. The minimum Gasteiger partial charge on any atom is -0.295 e. The van der Waals surface area contributed by atoms with Gasteiger partial charge in [-0.15, -0.1) is 5.10 Å². The Morgan fingerprint density at radius 1 is 0.900 bits per heavy atom. The van der Waals surface area contributed by atoms with Crippen molar-refractivity contribution in [2.45, 2.75) is 13.8 Å². The molecule has 0 saturated carbocycles. The largest absolute Gasteiger partial charge is 0.295 e. The summed E-state index contributed by atoms with van der Waals surface area (Å²) in [5, 5.41) is 9.89. The number of aromatic nitrogens is 3. The fourth-order valence-electron chi connectivity index (χ4n) is 4.50. The van der Waals surface area contributed by atoms with Crippen LogP contribution in [0.1, 0.15) is 27.2 Å². The Balaban J connectivity index is 1.46. The topological polar surface area (TPSA) is 92.5 Å². The molecule has 0 fully saturated rings. The number of H-pyrrole nitrogens is 1. The van der Waals surface area contributed by atoms with Gasteiger partial charge in [-0.3, -0.25) is 24.0 Å². The number of aromatic amines is 1. The molecule has 5 rings (SSSR count). The lowest BCUT2D eigenvalue weighted by atomic mass is 10.1. The highest BCUT2D eigenvalue weighted by Gasteiger charge is 2.29. The third kappa shape index (κ3) is 4.75. The van der Waals surface area contributed by atoms with Crippen molar-refractivity contribution in [3.63, 3.8) is 0 Å². The van der Waals surface area contributed by atoms with E-state index in [2.05, 4.69) is 10.2 Å². The molecule has 0 atom stereocenters. The molecule has 4 aromatic rings. The minimum absolute atomic E-state index is 0.232. The standard InChI is InChI=1S/C29H22Cl3N5O3/c1-16-20(27(38)35(3)26-24(16)29(40)36(34-26)19-10-6-4-7-11-19)12-8-5-9-13-21-17(2)33-37(28(21)39)25-22(31)14-18(30)15-23(25)32/h4-15,33H,1-3H3/b8-5+,13-9+,20-12+. The number of allylic oxidation sites excluding steroid dienone is 3. The van der Waals surface area contributed by atoms with E-state index in [9.17, 15) is 14.4 Å². The van der Waals surface area contributed by atoms with E-state index in [0.29, 0.717) is 49.5 Å². The van der Waals surface area contributed by atoms with Gasteiger partial charge in [0.1, 0.15) is 5.69 Å². The molecule has 0 saturated heterocycles. The first-order chi connectivity index (χ1) is 19.1. The number of hydrogen-bond acceptors (Lipinski definition) is 4. The van der Waals surface area contributed by atoms with Gasteiger partial charge in [-0.25, -0.2) is 4.68 Å². The molecule has 11 heteroatoms. The van der Waals surface area contributed by atoms with Crippen LogP contribution in [0.25, 0.3) is 17.8 Å². The summed E-state index contributed by atoms with van der Waals surface area (Å²) >= 11 is 18.6. The molecule has 8 nitrogen and oxygen atoms in total. The number of rotatable bonds is 5. The lowest BCUT2D eigenvalue weighted by Gasteiger charge is -2.11. The quantitative estimate of drug-likeness (QED) is 0.340. The highest BCUT2D eigenvalue weighted by Crippen LogP contribution is 2.31. The zero-order valence-corrected chi connectivity index (χ0v) is 23.8. The fourth-order valence-corrected chi connectivity index (χ4v) is 5.48. The number of hydrogen-bond donors (Lipinski definition) is 1. The van der Waals surface area contributed by atoms with Crippen LogP contribution in [0.15, 0.2) is 75.4 Å². The van der Waals surface area contributed by atoms with Crippen molar-refractivity contribution in [2.24, 2.45) is 12.1 Å². The molecule has 1 amide bonds. The lowest BCUT2D eigenvalue weighted by Crippen LogP contribution is -2.44. The van der Waals surface area contributed by atoms with Crippen LogP contribution in [-0.2, 0) is 7.05 Å². The monoisotopic (exact) mass is 593 g/mol. The Morgan fingerprint density at radius 2 is 1.57 bits per heavy atom. The van der Waals surface area contributed by atoms with Gasteiger partial charge in [0.2, 0.25) is 0 Å². The van der Waals surface area contributed by atoms with Crippen molar-refractivity contribution in [1.82, 2.24) is 14.3 Å². The number of halogens is 3. The second-order valence-electron chi connectivity index (χ2n) is 9.07. The second kappa shape index (κ2) is 10.8. The Bertz CT molecular complexity index is 1960. The van der Waals surface area contributed by atoms with E-state index in [1.165, 1.54) is 26.4 Å². The van der Waals surface area contributed by atoms with E-state index < -0.39 is 0 Å². The highest BCUT2D eigenvalue weighted by atomic mass is 35.5. The predicted molar refractivity (Wildman–Crippen MR) is 159 cm³/mol. The smallest absolute Gasteiger partial charge is 0.282 e. The van der Waals surface area contributed by atoms with Gasteiger partial charge in [0.25, 0.3) is 17.0 Å². The maximum absolute atomic E-state index is 13.2. The maximum Gasteiger partial charge on any atom is 0.282 e. The zero-order valence-electron chi connectivity index (χ0n) is 21.6. The Hall–Kier alpha value is -4.11. The predicted octanol–water partition coefficient (Wildman–Crippen LogP) is 4.69. The van der Waals surface area contributed by atoms with Gasteiger partial charge in [-0.05, 0) is 55.8 Å². The van der Waals surface area contributed by atoms with E-state index in [-0.39, 0.29) is 27.1 Å². The molecule has 1 aliphatic heterocycles. The van der Waals surface area contributed by atoms with Crippen LogP contribution in [0.3, 0.4) is 0 Å². The molecule has 202 valence electrons. The normalized spacial score (nSPS) is 13.6. The number of carbonyl (C=O) groups is 1. The highest BCUT2D eigenvalue weighted by molar-refractivity contribution is 6.40. The van der Waals surface area contributed by atoms with Gasteiger partial charge in [-0.2, -0.15) is 5.01 Å². The molecule has 0 bridgehead atoms. The van der Waals surface area contributed by atoms with E-state index >= 15 is 0 Å². The summed E-state index contributed by atoms with van der Waals surface area (Å²) < 4.78 is 2.64. The number of pyridine rings is 1. The van der Waals surface area contributed by atoms with Crippen molar-refractivity contribution in [3.8, 4) is 5.69 Å². The van der Waals surface area contributed by atoms with Gasteiger partial charge in [0, 0.05) is 23.0 Å². The van der Waals surface area contributed by atoms with Crippen molar-refractivity contribution >= 4 is 58.5 Å². The van der Waals surface area contributed by atoms with Gasteiger partial charge in [0.15, 0.2) is 5.49 Å². The van der Waals surface area contributed by atoms with Crippen molar-refractivity contribution in [1.29, 1.82) is 0 Å². The number of amides is 1. The first-order valence-electron chi connectivity index (χ1n) is 12.1. The molecule has 3 heterocycles. The Labute approximate surface area is 243 Å². The summed E-state index contributed by atoms with van der Waals surface area (Å²) in [4.78, 5) is 39.4. The fraction of sp³-hybridized carbons (Fsp3) is 0.103. The summed E-state index contributed by atoms with van der Waals surface area (Å²) in [6.07, 6.45) is 8.31. The van der Waals surface area contributed by atoms with E-state index in [0.717, 1.165) is 0 Å². The second-order valence-corrected chi connectivity index (χ2v) is 10.3. The lowest BCUT2D eigenvalue weighted by molar-refractivity contribution is 0.0994. The number of aryl methyl sites for hydroxylation is 1. The van der Waals surface area contributed by atoms with Crippen LogP contribution in [0.5, 0.6) is 0 Å². The van der Waals surface area contributed by atoms with E-state index in [1.54, 1.807) is 63.4 Å². The summed E-state index contributed by atoms with van der Waals surface area (Å²) in [5.74, 6) is -0.298. The minimum atomic E-state index is -0.342. The average molecular weight is 595 g/mol. The maximum atomic E-state index is 13.2. The SMILES string of the molecule is Cc1[nH]n(-c2c(Cl)cc(Cl)cc2Cl)c(=O)c1/C=C/C=C/C=c1\c(C)c2c(n(C)c1=O)=NN(c1ccccc1)C2=O. The van der Waals surface area contributed by atoms with Gasteiger partial charge in [-0.1, -0.05) is 71.2 Å². The number of benzene rings is 2. The van der Waals surface area contributed by atoms with E-state index in [4.69, 9.17) is 34.8 Å². The number of para-hydroxylation sites is 1. The molecule has 40 heavy (non-hydrogen) atoms. The zero-order chi connectivity index (χ0) is 28.7. The number of nitrogens with one attached hydrogen (secondary N) is 1. The molecule has 2 aromatic heterocycles. The molecule has 0 spiro atoms. The van der Waals surface area contributed by atoms with Crippen LogP contribution in [0.4, 0.5) is 5.69 Å². The van der Waals surface area contributed by atoms with Crippen molar-refractivity contribution in [3.05, 3.63) is 130 Å². The first kappa shape index (κ1) is 27.5. The first-order valence-corrected chi connectivity index (χ1v) is 13.2.